The molecule has 780 valence electrons. The lowest BCUT2D eigenvalue weighted by Crippen LogP contribution is -2.59. The Kier molecular flexibility index (Phi) is 31.5. The second-order valence-electron chi connectivity index (χ2n) is 43.2. The van der Waals surface area contributed by atoms with Crippen molar-refractivity contribution >= 4 is 57.7 Å². The van der Waals surface area contributed by atoms with Crippen molar-refractivity contribution in [1.82, 2.24) is 24.5 Å². The third-order valence-corrected chi connectivity index (χ3v) is 34.7. The zero-order chi connectivity index (χ0) is 103. The summed E-state index contributed by atoms with van der Waals surface area (Å²) in [6.07, 6.45) is 19.7. The molecular weight excluding hydrogens is 1880 g/mol. The second-order valence-corrected chi connectivity index (χ2v) is 43.2. The maximum absolute atomic E-state index is 12.2. The fourth-order valence-corrected chi connectivity index (χ4v) is 25.9. The van der Waals surface area contributed by atoms with E-state index >= 15 is 0 Å². The topological polar surface area (TPSA) is 277 Å². The van der Waals surface area contributed by atoms with Gasteiger partial charge in [-0.3, -0.25) is 33.8 Å². The number of piperidine rings is 5. The molecule has 2 saturated carbocycles. The maximum atomic E-state index is 12.2. The molecule has 25 rings (SSSR count). The molecule has 2 aliphatic carbocycles. The Morgan fingerprint density at radius 3 is 0.767 bits per heavy atom. The Bertz CT molecular complexity index is 6520. The molecule has 0 bridgehead atoms. The van der Waals surface area contributed by atoms with Crippen LogP contribution in [0.2, 0.25) is 0 Å². The van der Waals surface area contributed by atoms with E-state index in [1.54, 1.807) is 0 Å². The third kappa shape index (κ3) is 21.7. The smallest absolute Gasteiger partial charge is 0.324 e. The zero-order valence-electron chi connectivity index (χ0n) is 86.1. The van der Waals surface area contributed by atoms with Crippen LogP contribution in [0.5, 0.6) is 28.7 Å². The van der Waals surface area contributed by atoms with E-state index in [9.17, 15) is 49.5 Å². The van der Waals surface area contributed by atoms with Crippen molar-refractivity contribution in [2.45, 2.75) is 192 Å². The number of aliphatic carboxylic acids is 5. The van der Waals surface area contributed by atoms with Gasteiger partial charge in [-0.15, -0.1) is 0 Å². The Morgan fingerprint density at radius 2 is 0.487 bits per heavy atom. The first-order chi connectivity index (χ1) is 73.4. The van der Waals surface area contributed by atoms with E-state index in [0.29, 0.717) is 118 Å². The molecule has 1 atom stereocenters. The van der Waals surface area contributed by atoms with Gasteiger partial charge in [0, 0.05) is 139 Å². The van der Waals surface area contributed by atoms with Gasteiger partial charge in [0.25, 0.3) is 0 Å². The van der Waals surface area contributed by atoms with Gasteiger partial charge in [0.2, 0.25) is 0 Å². The van der Waals surface area contributed by atoms with Crippen LogP contribution >= 0.6 is 0 Å². The second kappa shape index (κ2) is 46.0. The molecule has 10 aromatic carbocycles. The molecule has 0 aromatic heterocycles. The summed E-state index contributed by atoms with van der Waals surface area (Å²) >= 11 is 0. The van der Waals surface area contributed by atoms with Crippen LogP contribution in [0.15, 0.2) is 271 Å². The summed E-state index contributed by atoms with van der Waals surface area (Å²) < 4.78 is 47.0. The maximum Gasteiger partial charge on any atom is 0.324 e. The van der Waals surface area contributed by atoms with Gasteiger partial charge in [0.1, 0.15) is 78.3 Å². The van der Waals surface area contributed by atoms with Crippen molar-refractivity contribution in [1.29, 1.82) is 0 Å². The van der Waals surface area contributed by atoms with Crippen LogP contribution in [-0.2, 0) is 71.2 Å². The lowest BCUT2D eigenvalue weighted by Gasteiger charge is -2.45. The Balaban J connectivity index is 0.000000110. The summed E-state index contributed by atoms with van der Waals surface area (Å²) in [5.74, 6) is 1.35. The predicted molar refractivity (Wildman–Crippen MR) is 578 cm³/mol. The van der Waals surface area contributed by atoms with Crippen molar-refractivity contribution in [3.05, 3.63) is 354 Å². The Hall–Kier alpha value is -13.1. The monoisotopic (exact) mass is 2020 g/mol. The molecule has 10 fully saturated rings. The molecule has 10 aromatic rings. The molecule has 0 amide bonds. The normalized spacial score (nSPS) is 21.5. The van der Waals surface area contributed by atoms with Crippen molar-refractivity contribution in [2.75, 3.05) is 125 Å². The molecule has 13 heterocycles. The molecule has 0 spiro atoms. The summed E-state index contributed by atoms with van der Waals surface area (Å²) in [4.78, 5) is 71.4. The van der Waals surface area contributed by atoms with E-state index in [0.717, 1.165) is 227 Å². The predicted octanol–water partition coefficient (Wildman–Crippen LogP) is 22.4. The lowest BCUT2D eigenvalue weighted by atomic mass is 9.71. The van der Waals surface area contributed by atoms with E-state index in [2.05, 4.69) is 219 Å². The number of carboxylic acid groups (broad SMARTS) is 5. The minimum Gasteiger partial charge on any atom is -0.488 e. The Labute approximate surface area is 879 Å². The van der Waals surface area contributed by atoms with Gasteiger partial charge < -0.3 is 78.1 Å². The van der Waals surface area contributed by atoms with Crippen molar-refractivity contribution < 1.29 is 87.4 Å². The summed E-state index contributed by atoms with van der Waals surface area (Å²) in [5, 5.41) is 49.2. The molecule has 13 aliphatic heterocycles. The average molecular weight is 2020 g/mol. The number of nitrogens with zero attached hydrogens (tertiary/aromatic N) is 5. The lowest BCUT2D eigenvalue weighted by molar-refractivity contribution is -0.159. The van der Waals surface area contributed by atoms with Gasteiger partial charge in [0.15, 0.2) is 0 Å². The number of fused-ring (bicyclic) bond motifs is 10. The highest BCUT2D eigenvalue weighted by molar-refractivity contribution is 5.92. The number of benzene rings is 10. The number of para-hydroxylation sites is 5. The minimum absolute atomic E-state index is 0.324. The van der Waals surface area contributed by atoms with E-state index in [1.165, 1.54) is 129 Å². The first kappa shape index (κ1) is 103. The first-order valence-electron chi connectivity index (χ1n) is 54.6. The summed E-state index contributed by atoms with van der Waals surface area (Å²) in [7, 11) is 0. The standard InChI is InChI=1S/C28H33NO3.C26H29NO4.2C25H27NO4.C23H23NO3/c30-27(31)28(14-6-1-7-15-28)16-19-29-17-12-21(13-18-29)26-23-9-3-2-8-22(23)20-32-25-11-5-4-10-24(25)26;28-25(29)26(11-15-30-16-12-26)18-27-13-9-19(10-14-27)24-21-6-2-1-5-20(21)17-31-23-8-4-3-7-22(23)24;27-24(28)25(11-15-29-16-12-25)26-13-9-18(10-14-26)23-20-6-2-1-5-19(20)17-30-22-8-4-3-7-21(22)23;27-24(28)25(11-14-29-17-25)16-26-12-9-18(10-13-26)23-20-6-2-1-5-19(20)15-30-22-8-4-3-7-21(22)23;25-22(26)23(11-12-23)24-13-9-16(10-14-24)21-18-6-2-1-5-17(18)15-27-20-8-4-3-7-19(20)21/h2-5,8-11H,1,6-7,12-20H2,(H,30,31);1-8H,9-18H2,(H,28,29);2*1-8H,9-17H2,(H,27,28);1-8H,9-15H2,(H,25,26). The number of likely N-dealkylation sites (tertiary alicyclic amines) is 5. The summed E-state index contributed by atoms with van der Waals surface area (Å²) in [6, 6.07) is 84.2. The van der Waals surface area contributed by atoms with E-state index in [-0.39, 0.29) is 0 Å². The van der Waals surface area contributed by atoms with Crippen LogP contribution in [-0.4, -0.2) is 216 Å². The quantitative estimate of drug-likeness (QED) is 0.0676. The molecule has 5 N–H and O–H groups in total. The number of hydrogen-bond acceptors (Lipinski definition) is 18. The molecule has 150 heavy (non-hydrogen) atoms. The molecule has 0 radical (unpaired) electrons. The van der Waals surface area contributed by atoms with Crippen LogP contribution in [0.4, 0.5) is 0 Å². The van der Waals surface area contributed by atoms with Gasteiger partial charge in [-0.05, 0) is 249 Å². The molecule has 23 nitrogen and oxygen atoms in total. The number of hydrogen-bond donors (Lipinski definition) is 5. The number of ether oxygens (including phenoxy) is 8. The number of rotatable bonds is 14. The van der Waals surface area contributed by atoms with Crippen molar-refractivity contribution in [3.63, 3.8) is 0 Å². The fourth-order valence-electron chi connectivity index (χ4n) is 25.9. The number of carboxylic acids is 5. The third-order valence-electron chi connectivity index (χ3n) is 34.7. The van der Waals surface area contributed by atoms with Crippen LogP contribution in [0.25, 0.3) is 27.9 Å². The van der Waals surface area contributed by atoms with Crippen LogP contribution in [0.3, 0.4) is 0 Å². The first-order valence-corrected chi connectivity index (χ1v) is 54.6. The largest absolute Gasteiger partial charge is 0.488 e. The minimum atomic E-state index is -0.781. The molecular formula is C127H139N5O18. The van der Waals surface area contributed by atoms with Crippen molar-refractivity contribution in [3.8, 4) is 28.7 Å². The van der Waals surface area contributed by atoms with Gasteiger partial charge in [0.05, 0.1) is 17.4 Å². The van der Waals surface area contributed by atoms with Crippen LogP contribution < -0.4 is 23.7 Å². The summed E-state index contributed by atoms with van der Waals surface area (Å²) in [5.41, 5.74) is 28.7. The summed E-state index contributed by atoms with van der Waals surface area (Å²) in [6.45, 7) is 16.7. The molecule has 1 unspecified atom stereocenters. The van der Waals surface area contributed by atoms with Gasteiger partial charge >= 0.3 is 29.8 Å². The number of carbonyl (C=O) groups is 5. The zero-order valence-corrected chi connectivity index (χ0v) is 86.1. The van der Waals surface area contributed by atoms with Gasteiger partial charge in [-0.2, -0.15) is 0 Å². The van der Waals surface area contributed by atoms with Crippen LogP contribution in [0.1, 0.15) is 231 Å². The highest BCUT2D eigenvalue weighted by Crippen LogP contribution is 2.52. The Morgan fingerprint density at radius 1 is 0.240 bits per heavy atom. The molecule has 23 heteroatoms. The van der Waals surface area contributed by atoms with E-state index in [1.807, 2.05) is 48.5 Å². The highest BCUT2D eigenvalue weighted by atomic mass is 16.5. The fraction of sp³-hybridized carbons (Fsp3) is 0.409. The van der Waals surface area contributed by atoms with Gasteiger partial charge in [-0.1, -0.05) is 259 Å². The van der Waals surface area contributed by atoms with Gasteiger partial charge in [-0.25, -0.2) is 0 Å². The highest BCUT2D eigenvalue weighted by Gasteiger charge is 2.56. The van der Waals surface area contributed by atoms with Crippen molar-refractivity contribution in [2.24, 2.45) is 16.2 Å². The SMILES string of the molecule is O=C(O)C1(CCN2CCC(=C3c4ccccc4COc4ccccc43)CC2)CCCCC1.O=C(O)C1(CN2CCC(=C3c4ccccc4COc4ccccc43)CC2)CCOC1.O=C(O)C1(CN2CCC(=C3c4ccccc4COc4ccccc43)CC2)CCOCC1.O=C(O)C1(N2CCC(=C3c4ccccc4COc4ccccc43)CC2)CC1.O=C(O)C1(N2CCC(=C3c4ccccc4COc4ccccc43)CC2)CCOCC1. The van der Waals surface area contributed by atoms with Crippen LogP contribution in [0, 0.1) is 16.2 Å². The van der Waals surface area contributed by atoms with E-state index in [4.69, 9.17) is 37.9 Å². The molecule has 8 saturated heterocycles. The average Bonchev–Trinajstić information content (AvgIpc) is 1.60. The molecule has 15 aliphatic rings. The van der Waals surface area contributed by atoms with E-state index < -0.39 is 57.2 Å².